The molecule has 2 aliphatic rings. The van der Waals surface area contributed by atoms with E-state index in [1.54, 1.807) is 20.5 Å². The third kappa shape index (κ3) is 3.46. The number of hydrogen-bond donors (Lipinski definition) is 0. The summed E-state index contributed by atoms with van der Waals surface area (Å²) in [5, 5.41) is 0. The number of likely N-dealkylation sites (tertiary alicyclic amines) is 1. The summed E-state index contributed by atoms with van der Waals surface area (Å²) in [5.41, 5.74) is 2.72. The van der Waals surface area contributed by atoms with E-state index in [2.05, 4.69) is 21.8 Å². The van der Waals surface area contributed by atoms with Crippen molar-refractivity contribution < 1.29 is 14.3 Å². The number of hydrogen-bond acceptors (Lipinski definition) is 6. The number of anilines is 1. The molecule has 30 heavy (non-hydrogen) atoms. The van der Waals surface area contributed by atoms with Crippen molar-refractivity contribution in [3.05, 3.63) is 41.3 Å². The SMILES string of the molecule is COc1cccc(CN2CCC[C@]3(CCN(c4ncnc(C)c4C)C3)C2=O)c1OC. The molecular formula is C23H30N4O3. The molecule has 1 aromatic carbocycles. The molecule has 2 fully saturated rings. The molecular weight excluding hydrogens is 380 g/mol. The fourth-order valence-corrected chi connectivity index (χ4v) is 4.86. The van der Waals surface area contributed by atoms with E-state index >= 15 is 0 Å². The molecule has 0 N–H and O–H groups in total. The van der Waals surface area contributed by atoms with E-state index in [0.717, 1.165) is 61.5 Å². The lowest BCUT2D eigenvalue weighted by atomic mass is 9.78. The van der Waals surface area contributed by atoms with Gasteiger partial charge in [-0.3, -0.25) is 4.79 Å². The van der Waals surface area contributed by atoms with E-state index in [-0.39, 0.29) is 11.3 Å². The fourth-order valence-electron chi connectivity index (χ4n) is 4.86. The largest absolute Gasteiger partial charge is 0.493 e. The van der Waals surface area contributed by atoms with E-state index in [4.69, 9.17) is 9.47 Å². The van der Waals surface area contributed by atoms with Crippen molar-refractivity contribution in [1.29, 1.82) is 0 Å². The zero-order valence-corrected chi connectivity index (χ0v) is 18.3. The number of benzene rings is 1. The average molecular weight is 411 g/mol. The van der Waals surface area contributed by atoms with Gasteiger partial charge < -0.3 is 19.3 Å². The van der Waals surface area contributed by atoms with Crippen molar-refractivity contribution in [3.63, 3.8) is 0 Å². The van der Waals surface area contributed by atoms with Gasteiger partial charge in [0.25, 0.3) is 0 Å². The van der Waals surface area contributed by atoms with E-state index in [1.807, 2.05) is 30.0 Å². The summed E-state index contributed by atoms with van der Waals surface area (Å²) >= 11 is 0. The summed E-state index contributed by atoms with van der Waals surface area (Å²) < 4.78 is 11.0. The predicted molar refractivity (Wildman–Crippen MR) is 115 cm³/mol. The zero-order chi connectivity index (χ0) is 21.3. The van der Waals surface area contributed by atoms with Gasteiger partial charge >= 0.3 is 0 Å². The molecule has 1 aromatic heterocycles. The van der Waals surface area contributed by atoms with Gasteiger partial charge in [-0.2, -0.15) is 0 Å². The summed E-state index contributed by atoms with van der Waals surface area (Å²) in [4.78, 5) is 26.7. The van der Waals surface area contributed by atoms with Gasteiger partial charge in [-0.1, -0.05) is 12.1 Å². The first kappa shape index (κ1) is 20.4. The quantitative estimate of drug-likeness (QED) is 0.754. The summed E-state index contributed by atoms with van der Waals surface area (Å²) in [6.45, 7) is 6.93. The van der Waals surface area contributed by atoms with Crippen LogP contribution in [0, 0.1) is 19.3 Å². The average Bonchev–Trinajstić information content (AvgIpc) is 3.18. The van der Waals surface area contributed by atoms with E-state index in [1.165, 1.54) is 0 Å². The number of methoxy groups -OCH3 is 2. The number of amides is 1. The molecule has 0 aliphatic carbocycles. The highest BCUT2D eigenvalue weighted by atomic mass is 16.5. The number of carbonyl (C=O) groups is 1. The van der Waals surface area contributed by atoms with Gasteiger partial charge in [0, 0.05) is 43.0 Å². The number of piperidine rings is 1. The fraction of sp³-hybridized carbons (Fsp3) is 0.522. The molecule has 0 saturated carbocycles. The van der Waals surface area contributed by atoms with Crippen LogP contribution in [0.5, 0.6) is 11.5 Å². The normalized spacial score (nSPS) is 21.4. The molecule has 0 bridgehead atoms. The maximum absolute atomic E-state index is 13.6. The minimum atomic E-state index is -0.338. The van der Waals surface area contributed by atoms with Crippen molar-refractivity contribution in [1.82, 2.24) is 14.9 Å². The van der Waals surface area contributed by atoms with Crippen molar-refractivity contribution in [2.45, 2.75) is 39.7 Å². The number of nitrogens with zero attached hydrogens (tertiary/aromatic N) is 4. The molecule has 1 atom stereocenters. The Morgan fingerprint density at radius 3 is 2.70 bits per heavy atom. The topological polar surface area (TPSA) is 67.8 Å². The van der Waals surface area contributed by atoms with E-state index in [0.29, 0.717) is 18.0 Å². The van der Waals surface area contributed by atoms with Crippen molar-refractivity contribution in [3.8, 4) is 11.5 Å². The van der Waals surface area contributed by atoms with E-state index < -0.39 is 0 Å². The maximum atomic E-state index is 13.6. The molecule has 0 unspecified atom stereocenters. The van der Waals surface area contributed by atoms with E-state index in [9.17, 15) is 4.79 Å². The zero-order valence-electron chi connectivity index (χ0n) is 18.3. The van der Waals surface area contributed by atoms with Crippen LogP contribution in [0.25, 0.3) is 0 Å². The van der Waals surface area contributed by atoms with Crippen LogP contribution in [-0.2, 0) is 11.3 Å². The number of aryl methyl sites for hydroxylation is 1. The van der Waals surface area contributed by atoms with Gasteiger partial charge in [-0.05, 0) is 39.2 Å². The smallest absolute Gasteiger partial charge is 0.230 e. The number of ether oxygens (including phenoxy) is 2. The Bertz CT molecular complexity index is 948. The molecule has 7 heteroatoms. The molecule has 1 amide bonds. The van der Waals surface area contributed by atoms with Crippen LogP contribution in [-0.4, -0.2) is 54.6 Å². The lowest BCUT2D eigenvalue weighted by Crippen LogP contribution is -2.49. The Labute approximate surface area is 178 Å². The predicted octanol–water partition coefficient (Wildman–Crippen LogP) is 3.13. The van der Waals surface area contributed by atoms with Gasteiger partial charge in [0.2, 0.25) is 5.91 Å². The Kier molecular flexibility index (Phi) is 5.54. The Morgan fingerprint density at radius 2 is 1.93 bits per heavy atom. The van der Waals surface area contributed by atoms with Gasteiger partial charge in [0.15, 0.2) is 11.5 Å². The molecule has 160 valence electrons. The molecule has 2 aliphatic heterocycles. The molecule has 7 nitrogen and oxygen atoms in total. The van der Waals surface area contributed by atoms with Gasteiger partial charge in [0.05, 0.1) is 19.6 Å². The molecule has 4 rings (SSSR count). The van der Waals surface area contributed by atoms with Gasteiger partial charge in [-0.25, -0.2) is 9.97 Å². The number of carbonyl (C=O) groups excluding carboxylic acids is 1. The number of aromatic nitrogens is 2. The Balaban J connectivity index is 1.55. The highest BCUT2D eigenvalue weighted by molar-refractivity contribution is 5.85. The maximum Gasteiger partial charge on any atom is 0.230 e. The first-order valence-electron chi connectivity index (χ1n) is 10.5. The number of para-hydroxylation sites is 1. The van der Waals surface area contributed by atoms with Crippen LogP contribution in [0.3, 0.4) is 0 Å². The highest BCUT2D eigenvalue weighted by Gasteiger charge is 2.49. The second-order valence-corrected chi connectivity index (χ2v) is 8.34. The summed E-state index contributed by atoms with van der Waals surface area (Å²) in [7, 11) is 3.27. The van der Waals surface area contributed by atoms with Crippen LogP contribution in [0.2, 0.25) is 0 Å². The summed E-state index contributed by atoms with van der Waals surface area (Å²) in [6.07, 6.45) is 4.41. The van der Waals surface area contributed by atoms with Crippen molar-refractivity contribution in [2.24, 2.45) is 5.41 Å². The highest BCUT2D eigenvalue weighted by Crippen LogP contribution is 2.43. The summed E-state index contributed by atoms with van der Waals surface area (Å²) in [6, 6.07) is 5.82. The monoisotopic (exact) mass is 410 g/mol. The standard InChI is InChI=1S/C23H30N4O3/c1-16-17(2)24-15-25-21(16)27-12-10-23(14-27)9-6-11-26(22(23)28)13-18-7-5-8-19(29-3)20(18)30-4/h5,7-8,15H,6,9-14H2,1-4H3/t23-/m1/s1. The third-order valence-corrected chi connectivity index (χ3v) is 6.63. The Hall–Kier alpha value is -2.83. The minimum Gasteiger partial charge on any atom is -0.493 e. The lowest BCUT2D eigenvalue weighted by molar-refractivity contribution is -0.145. The minimum absolute atomic E-state index is 0.240. The van der Waals surface area contributed by atoms with Crippen LogP contribution in [0.15, 0.2) is 24.5 Å². The molecule has 2 aromatic rings. The molecule has 0 radical (unpaired) electrons. The lowest BCUT2D eigenvalue weighted by Gasteiger charge is -2.39. The van der Waals surface area contributed by atoms with Gasteiger partial charge in [0.1, 0.15) is 12.1 Å². The van der Waals surface area contributed by atoms with Gasteiger partial charge in [-0.15, -0.1) is 0 Å². The molecule has 2 saturated heterocycles. The third-order valence-electron chi connectivity index (χ3n) is 6.63. The number of rotatable bonds is 5. The second kappa shape index (κ2) is 8.13. The molecule has 3 heterocycles. The Morgan fingerprint density at radius 1 is 1.10 bits per heavy atom. The second-order valence-electron chi connectivity index (χ2n) is 8.34. The van der Waals surface area contributed by atoms with Crippen LogP contribution in [0.1, 0.15) is 36.1 Å². The first-order chi connectivity index (χ1) is 14.5. The first-order valence-corrected chi connectivity index (χ1v) is 10.5. The van der Waals surface area contributed by atoms with Crippen LogP contribution >= 0.6 is 0 Å². The van der Waals surface area contributed by atoms with Crippen molar-refractivity contribution >= 4 is 11.7 Å². The molecule has 1 spiro atoms. The summed E-state index contributed by atoms with van der Waals surface area (Å²) in [5.74, 6) is 2.59. The van der Waals surface area contributed by atoms with Crippen molar-refractivity contribution in [2.75, 3.05) is 38.8 Å². The van der Waals surface area contributed by atoms with Crippen LogP contribution < -0.4 is 14.4 Å². The van der Waals surface area contributed by atoms with Crippen LogP contribution in [0.4, 0.5) is 5.82 Å².